The Bertz CT molecular complexity index is 927. The predicted octanol–water partition coefficient (Wildman–Crippen LogP) is 2.56. The molecule has 0 radical (unpaired) electrons. The molecule has 0 aliphatic carbocycles. The summed E-state index contributed by atoms with van der Waals surface area (Å²) in [4.78, 5) is 31.3. The van der Waals surface area contributed by atoms with Crippen LogP contribution in [0.15, 0.2) is 47.9 Å². The number of carbonyl (C=O) groups is 1. The van der Waals surface area contributed by atoms with Gasteiger partial charge in [-0.05, 0) is 62.1 Å². The van der Waals surface area contributed by atoms with Gasteiger partial charge in [0, 0.05) is 44.5 Å². The Labute approximate surface area is 189 Å². The van der Waals surface area contributed by atoms with Crippen molar-refractivity contribution in [3.63, 3.8) is 0 Å². The van der Waals surface area contributed by atoms with E-state index in [-0.39, 0.29) is 17.7 Å². The quantitative estimate of drug-likeness (QED) is 0.552. The van der Waals surface area contributed by atoms with Crippen molar-refractivity contribution < 1.29 is 9.63 Å². The van der Waals surface area contributed by atoms with E-state index in [0.29, 0.717) is 5.82 Å². The van der Waals surface area contributed by atoms with E-state index in [0.717, 1.165) is 75.4 Å². The van der Waals surface area contributed by atoms with Gasteiger partial charge < -0.3 is 15.5 Å². The summed E-state index contributed by atoms with van der Waals surface area (Å²) in [6.45, 7) is 4.10. The van der Waals surface area contributed by atoms with Crippen molar-refractivity contribution in [2.45, 2.75) is 32.2 Å². The van der Waals surface area contributed by atoms with E-state index < -0.39 is 0 Å². The lowest BCUT2D eigenvalue weighted by atomic mass is 9.88. The summed E-state index contributed by atoms with van der Waals surface area (Å²) in [6.07, 6.45) is 7.26. The Morgan fingerprint density at radius 2 is 1.97 bits per heavy atom. The Morgan fingerprint density at radius 3 is 2.69 bits per heavy atom. The standard InChI is InChI=1S/C24H32N6O2/c1-32-28-23(21-6-2-3-10-26-21)19-8-13-30(14-9-19)24(31)20-5-4-12-29(17-20)16-18-7-11-27-22(25)15-18/h2-3,6-7,10-11,15,19-20H,4-5,8-9,12-14,16-17H2,1H3,(H2,25,27). The summed E-state index contributed by atoms with van der Waals surface area (Å²) in [7, 11) is 1.57. The normalized spacial score (nSPS) is 20.8. The van der Waals surface area contributed by atoms with Gasteiger partial charge in [0.05, 0.1) is 11.6 Å². The zero-order valence-electron chi connectivity index (χ0n) is 18.7. The van der Waals surface area contributed by atoms with Crippen LogP contribution in [0.3, 0.4) is 0 Å². The fourth-order valence-electron chi connectivity index (χ4n) is 4.83. The maximum atomic E-state index is 13.3. The van der Waals surface area contributed by atoms with Crippen LogP contribution in [0.1, 0.15) is 36.9 Å². The number of hydrogen-bond acceptors (Lipinski definition) is 7. The third-order valence-corrected chi connectivity index (χ3v) is 6.42. The number of nitrogens with zero attached hydrogens (tertiary/aromatic N) is 5. The summed E-state index contributed by atoms with van der Waals surface area (Å²) in [5.41, 5.74) is 8.68. The van der Waals surface area contributed by atoms with Crippen molar-refractivity contribution in [2.24, 2.45) is 17.0 Å². The minimum atomic E-state index is 0.0578. The number of nitrogen functional groups attached to an aromatic ring is 1. The fourth-order valence-corrected chi connectivity index (χ4v) is 4.83. The SMILES string of the molecule is CON=C(c1ccccn1)C1CCN(C(=O)C2CCCN(Cc3ccnc(N)c3)C2)CC1. The first-order valence-corrected chi connectivity index (χ1v) is 11.4. The first-order valence-electron chi connectivity index (χ1n) is 11.4. The lowest BCUT2D eigenvalue weighted by Crippen LogP contribution is -2.47. The monoisotopic (exact) mass is 436 g/mol. The van der Waals surface area contributed by atoms with E-state index in [4.69, 9.17) is 10.6 Å². The topological polar surface area (TPSA) is 96.9 Å². The van der Waals surface area contributed by atoms with Crippen molar-refractivity contribution in [1.82, 2.24) is 19.8 Å². The highest BCUT2D eigenvalue weighted by atomic mass is 16.6. The van der Waals surface area contributed by atoms with Crippen molar-refractivity contribution >= 4 is 17.4 Å². The molecule has 2 fully saturated rings. The highest BCUT2D eigenvalue weighted by Crippen LogP contribution is 2.26. The Morgan fingerprint density at radius 1 is 1.12 bits per heavy atom. The second-order valence-corrected chi connectivity index (χ2v) is 8.64. The number of amides is 1. The average molecular weight is 437 g/mol. The molecule has 2 aromatic rings. The molecular weight excluding hydrogens is 404 g/mol. The van der Waals surface area contributed by atoms with E-state index in [1.807, 2.05) is 35.2 Å². The molecule has 2 N–H and O–H groups in total. The number of anilines is 1. The third-order valence-electron chi connectivity index (χ3n) is 6.42. The maximum absolute atomic E-state index is 13.3. The lowest BCUT2D eigenvalue weighted by Gasteiger charge is -2.38. The lowest BCUT2D eigenvalue weighted by molar-refractivity contribution is -0.138. The minimum absolute atomic E-state index is 0.0578. The first-order chi connectivity index (χ1) is 15.6. The van der Waals surface area contributed by atoms with Gasteiger partial charge in [-0.15, -0.1) is 0 Å². The molecule has 4 rings (SSSR count). The molecule has 2 aromatic heterocycles. The van der Waals surface area contributed by atoms with Gasteiger partial charge in [-0.3, -0.25) is 14.7 Å². The predicted molar refractivity (Wildman–Crippen MR) is 124 cm³/mol. The van der Waals surface area contributed by atoms with Crippen LogP contribution in [-0.4, -0.2) is 64.7 Å². The number of aromatic nitrogens is 2. The van der Waals surface area contributed by atoms with Crippen LogP contribution in [0.25, 0.3) is 0 Å². The molecule has 1 unspecified atom stereocenters. The third kappa shape index (κ3) is 5.43. The molecule has 2 aliphatic heterocycles. The fraction of sp³-hybridized carbons (Fsp3) is 0.500. The van der Waals surface area contributed by atoms with Crippen LogP contribution in [0, 0.1) is 11.8 Å². The first kappa shape index (κ1) is 22.2. The summed E-state index contributed by atoms with van der Waals surface area (Å²) in [5.74, 6) is 1.12. The Hall–Kier alpha value is -3.00. The van der Waals surface area contributed by atoms with E-state index in [9.17, 15) is 4.79 Å². The smallest absolute Gasteiger partial charge is 0.226 e. The summed E-state index contributed by atoms with van der Waals surface area (Å²) in [5, 5.41) is 4.26. The van der Waals surface area contributed by atoms with Gasteiger partial charge in [-0.1, -0.05) is 11.2 Å². The van der Waals surface area contributed by atoms with Crippen LogP contribution >= 0.6 is 0 Å². The molecule has 0 aromatic carbocycles. The van der Waals surface area contributed by atoms with Crippen LogP contribution in [0.4, 0.5) is 5.82 Å². The molecule has 1 amide bonds. The molecule has 0 bridgehead atoms. The zero-order chi connectivity index (χ0) is 22.3. The van der Waals surface area contributed by atoms with Crippen LogP contribution in [-0.2, 0) is 16.2 Å². The van der Waals surface area contributed by atoms with Crippen molar-refractivity contribution in [3.05, 3.63) is 54.0 Å². The summed E-state index contributed by atoms with van der Waals surface area (Å²) in [6, 6.07) is 9.72. The number of pyridine rings is 2. The van der Waals surface area contributed by atoms with Gasteiger partial charge in [0.1, 0.15) is 18.6 Å². The van der Waals surface area contributed by atoms with E-state index in [1.54, 1.807) is 19.5 Å². The molecular formula is C24H32N6O2. The molecule has 2 saturated heterocycles. The molecule has 1 atom stereocenters. The second-order valence-electron chi connectivity index (χ2n) is 8.64. The summed E-state index contributed by atoms with van der Waals surface area (Å²) >= 11 is 0. The number of likely N-dealkylation sites (tertiary alicyclic amines) is 2. The number of carbonyl (C=O) groups excluding carboxylic acids is 1. The van der Waals surface area contributed by atoms with Gasteiger partial charge in [-0.25, -0.2) is 4.98 Å². The van der Waals surface area contributed by atoms with E-state index in [2.05, 4.69) is 20.0 Å². The number of piperidine rings is 2. The molecule has 0 spiro atoms. The summed E-state index contributed by atoms with van der Waals surface area (Å²) < 4.78 is 0. The minimum Gasteiger partial charge on any atom is -0.399 e. The average Bonchev–Trinajstić information content (AvgIpc) is 2.83. The van der Waals surface area contributed by atoms with Gasteiger partial charge in [0.15, 0.2) is 0 Å². The zero-order valence-corrected chi connectivity index (χ0v) is 18.7. The van der Waals surface area contributed by atoms with E-state index in [1.165, 1.54) is 0 Å². The number of oxime groups is 1. The molecule has 170 valence electrons. The highest BCUT2D eigenvalue weighted by Gasteiger charge is 2.33. The molecule has 8 nitrogen and oxygen atoms in total. The maximum Gasteiger partial charge on any atom is 0.226 e. The number of nitrogens with two attached hydrogens (primary N) is 1. The van der Waals surface area contributed by atoms with Gasteiger partial charge in [0.2, 0.25) is 5.91 Å². The Balaban J connectivity index is 1.33. The largest absolute Gasteiger partial charge is 0.399 e. The van der Waals surface area contributed by atoms with Crippen molar-refractivity contribution in [1.29, 1.82) is 0 Å². The van der Waals surface area contributed by atoms with Crippen molar-refractivity contribution in [3.8, 4) is 0 Å². The van der Waals surface area contributed by atoms with Gasteiger partial charge in [0.25, 0.3) is 0 Å². The molecule has 4 heterocycles. The molecule has 0 saturated carbocycles. The molecule has 2 aliphatic rings. The van der Waals surface area contributed by atoms with Crippen LogP contribution in [0.5, 0.6) is 0 Å². The number of rotatable bonds is 6. The molecule has 32 heavy (non-hydrogen) atoms. The van der Waals surface area contributed by atoms with Crippen molar-refractivity contribution in [2.75, 3.05) is 39.0 Å². The van der Waals surface area contributed by atoms with Crippen LogP contribution < -0.4 is 5.73 Å². The Kier molecular flexibility index (Phi) is 7.32. The van der Waals surface area contributed by atoms with Crippen LogP contribution in [0.2, 0.25) is 0 Å². The van der Waals surface area contributed by atoms with Gasteiger partial charge >= 0.3 is 0 Å². The highest BCUT2D eigenvalue weighted by molar-refractivity contribution is 6.00. The molecule has 8 heteroatoms. The number of hydrogen-bond donors (Lipinski definition) is 1. The second kappa shape index (κ2) is 10.5. The van der Waals surface area contributed by atoms with Gasteiger partial charge in [-0.2, -0.15) is 0 Å². The van der Waals surface area contributed by atoms with E-state index >= 15 is 0 Å².